The van der Waals surface area contributed by atoms with Gasteiger partial charge < -0.3 is 14.8 Å². The Morgan fingerprint density at radius 1 is 1.09 bits per heavy atom. The van der Waals surface area contributed by atoms with Gasteiger partial charge in [-0.05, 0) is 55.7 Å². The molecule has 174 valence electrons. The first kappa shape index (κ1) is 24.3. The summed E-state index contributed by atoms with van der Waals surface area (Å²) in [6.07, 6.45) is -0.214. The highest BCUT2D eigenvalue weighted by atomic mass is 32.2. The summed E-state index contributed by atoms with van der Waals surface area (Å²) >= 11 is 1.20. The number of aromatic amines is 1. The number of carbonyl (C=O) groups is 2. The molecule has 1 aromatic heterocycles. The van der Waals surface area contributed by atoms with Crippen molar-refractivity contribution in [3.8, 4) is 5.75 Å². The van der Waals surface area contributed by atoms with E-state index in [9.17, 15) is 9.59 Å². The summed E-state index contributed by atoms with van der Waals surface area (Å²) in [7, 11) is 0. The van der Waals surface area contributed by atoms with E-state index in [1.54, 1.807) is 38.1 Å². The van der Waals surface area contributed by atoms with Crippen molar-refractivity contribution in [2.45, 2.75) is 51.5 Å². The van der Waals surface area contributed by atoms with Gasteiger partial charge in [0, 0.05) is 5.69 Å². The van der Waals surface area contributed by atoms with Gasteiger partial charge in [0.1, 0.15) is 12.4 Å². The third-order valence-corrected chi connectivity index (χ3v) is 5.34. The van der Waals surface area contributed by atoms with Crippen LogP contribution in [0, 0.1) is 0 Å². The average Bonchev–Trinajstić information content (AvgIpc) is 3.24. The first-order valence-corrected chi connectivity index (χ1v) is 11.7. The summed E-state index contributed by atoms with van der Waals surface area (Å²) in [6, 6.07) is 14.6. The highest BCUT2D eigenvalue weighted by Gasteiger charge is 2.12. The fourth-order valence-corrected chi connectivity index (χ4v) is 3.46. The molecule has 8 nitrogen and oxygen atoms in total. The number of H-pyrrole nitrogens is 1. The van der Waals surface area contributed by atoms with Gasteiger partial charge in [0.15, 0.2) is 5.82 Å². The number of esters is 1. The average molecular weight is 469 g/mol. The number of carbonyl (C=O) groups excluding carboxylic acids is 2. The van der Waals surface area contributed by atoms with Crippen molar-refractivity contribution >= 4 is 29.3 Å². The molecule has 0 atom stereocenters. The number of thioether (sulfide) groups is 1. The first-order chi connectivity index (χ1) is 15.8. The lowest BCUT2D eigenvalue weighted by molar-refractivity contribution is -0.113. The minimum atomic E-state index is -0.429. The van der Waals surface area contributed by atoms with E-state index in [-0.39, 0.29) is 24.4 Å². The van der Waals surface area contributed by atoms with Crippen LogP contribution in [-0.4, -0.2) is 38.9 Å². The minimum absolute atomic E-state index is 0.121. The van der Waals surface area contributed by atoms with E-state index in [1.807, 2.05) is 24.3 Å². The lowest BCUT2D eigenvalue weighted by atomic mass is 10.0. The fourth-order valence-electron chi connectivity index (χ4n) is 2.84. The van der Waals surface area contributed by atoms with Crippen molar-refractivity contribution < 1.29 is 19.1 Å². The van der Waals surface area contributed by atoms with Crippen LogP contribution in [0.25, 0.3) is 0 Å². The highest BCUT2D eigenvalue weighted by Crippen LogP contribution is 2.20. The van der Waals surface area contributed by atoms with Crippen molar-refractivity contribution in [3.63, 3.8) is 0 Å². The molecule has 33 heavy (non-hydrogen) atoms. The normalized spacial score (nSPS) is 11.0. The molecule has 0 radical (unpaired) electrons. The van der Waals surface area contributed by atoms with Crippen molar-refractivity contribution in [3.05, 3.63) is 65.5 Å². The first-order valence-electron chi connectivity index (χ1n) is 10.7. The smallest absolute Gasteiger partial charge is 0.338 e. The molecule has 2 N–H and O–H groups in total. The molecule has 0 bridgehead atoms. The van der Waals surface area contributed by atoms with Gasteiger partial charge in [-0.3, -0.25) is 9.89 Å². The number of anilines is 1. The zero-order valence-electron chi connectivity index (χ0n) is 19.1. The molecular formula is C24H28N4O4S. The molecule has 0 aliphatic carbocycles. The summed E-state index contributed by atoms with van der Waals surface area (Å²) in [5.74, 6) is 1.25. The Labute approximate surface area is 197 Å². The molecule has 9 heteroatoms. The number of nitrogens with one attached hydrogen (secondary N) is 2. The third-order valence-electron chi connectivity index (χ3n) is 4.49. The predicted octanol–water partition coefficient (Wildman–Crippen LogP) is 4.80. The third kappa shape index (κ3) is 7.64. The van der Waals surface area contributed by atoms with Crippen LogP contribution in [0.1, 0.15) is 55.4 Å². The van der Waals surface area contributed by atoms with Crippen LogP contribution in [0.2, 0.25) is 0 Å². The Hall–Kier alpha value is -3.33. The lowest BCUT2D eigenvalue weighted by Gasteiger charge is -2.09. The number of rotatable bonds is 10. The topological polar surface area (TPSA) is 106 Å². The van der Waals surface area contributed by atoms with E-state index < -0.39 is 5.97 Å². The second kappa shape index (κ2) is 11.5. The maximum absolute atomic E-state index is 12.3. The summed E-state index contributed by atoms with van der Waals surface area (Å²) in [5, 5.41) is 10.2. The molecule has 1 amide bonds. The van der Waals surface area contributed by atoms with Gasteiger partial charge in [0.05, 0.1) is 17.4 Å². The number of ether oxygens (including phenoxy) is 2. The van der Waals surface area contributed by atoms with Crippen LogP contribution < -0.4 is 10.1 Å². The summed E-state index contributed by atoms with van der Waals surface area (Å²) in [4.78, 5) is 28.7. The number of aromatic nitrogens is 3. The van der Waals surface area contributed by atoms with Gasteiger partial charge in [0.25, 0.3) is 0 Å². The van der Waals surface area contributed by atoms with E-state index in [2.05, 4.69) is 34.3 Å². The Morgan fingerprint density at radius 2 is 1.85 bits per heavy atom. The molecule has 0 unspecified atom stereocenters. The van der Waals surface area contributed by atoms with E-state index in [1.165, 1.54) is 17.3 Å². The summed E-state index contributed by atoms with van der Waals surface area (Å²) in [5.41, 5.74) is 2.15. The number of benzene rings is 2. The zero-order chi connectivity index (χ0) is 23.8. The molecule has 1 heterocycles. The zero-order valence-corrected chi connectivity index (χ0v) is 19.9. The van der Waals surface area contributed by atoms with E-state index in [0.717, 1.165) is 5.75 Å². The number of nitrogens with zero attached hydrogens (tertiary/aromatic N) is 2. The van der Waals surface area contributed by atoms with E-state index in [0.29, 0.717) is 28.1 Å². The molecule has 3 aromatic rings. The summed E-state index contributed by atoms with van der Waals surface area (Å²) in [6.45, 7) is 8.10. The van der Waals surface area contributed by atoms with Crippen LogP contribution in [0.5, 0.6) is 5.75 Å². The van der Waals surface area contributed by atoms with Crippen molar-refractivity contribution in [1.29, 1.82) is 0 Å². The largest absolute Gasteiger partial charge is 0.486 e. The molecule has 0 saturated carbocycles. The van der Waals surface area contributed by atoms with Crippen LogP contribution in [0.4, 0.5) is 5.69 Å². The van der Waals surface area contributed by atoms with E-state index in [4.69, 9.17) is 9.47 Å². The number of amides is 1. The molecule has 0 fully saturated rings. The van der Waals surface area contributed by atoms with Crippen molar-refractivity contribution in [1.82, 2.24) is 15.2 Å². The second-order valence-electron chi connectivity index (χ2n) is 7.95. The molecular weight excluding hydrogens is 440 g/mol. The van der Waals surface area contributed by atoms with Gasteiger partial charge >= 0.3 is 5.97 Å². The van der Waals surface area contributed by atoms with Crippen molar-refractivity contribution in [2.75, 3.05) is 11.1 Å². The molecule has 0 aliphatic rings. The summed E-state index contributed by atoms with van der Waals surface area (Å²) < 4.78 is 10.9. The Bertz CT molecular complexity index is 1080. The van der Waals surface area contributed by atoms with E-state index >= 15 is 0 Å². The maximum Gasteiger partial charge on any atom is 0.338 e. The van der Waals surface area contributed by atoms with Crippen LogP contribution >= 0.6 is 11.8 Å². The molecule has 3 rings (SSSR count). The standard InChI is InChI=1S/C24H28N4O4S/c1-15(2)17-8-10-20(11-9-17)31-13-21-26-24(28-27-21)33-14-22(29)25-19-7-5-6-18(12-19)23(30)32-16(3)4/h5-12,15-16H,13-14H2,1-4H3,(H,25,29)(H,26,27,28). The molecule has 0 aliphatic heterocycles. The van der Waals surface area contributed by atoms with Gasteiger partial charge in [-0.2, -0.15) is 0 Å². The minimum Gasteiger partial charge on any atom is -0.486 e. The lowest BCUT2D eigenvalue weighted by Crippen LogP contribution is -2.15. The van der Waals surface area contributed by atoms with Gasteiger partial charge in [-0.15, -0.1) is 5.10 Å². The Morgan fingerprint density at radius 3 is 2.55 bits per heavy atom. The van der Waals surface area contributed by atoms with Gasteiger partial charge in [0.2, 0.25) is 11.1 Å². The SMILES string of the molecule is CC(C)OC(=O)c1cccc(NC(=O)CSc2n[nH]c(COc3ccc(C(C)C)cc3)n2)c1. The van der Waals surface area contributed by atoms with Crippen molar-refractivity contribution in [2.24, 2.45) is 0 Å². The number of hydrogen-bond acceptors (Lipinski definition) is 7. The van der Waals surface area contributed by atoms with Gasteiger partial charge in [-0.1, -0.05) is 43.8 Å². The second-order valence-corrected chi connectivity index (χ2v) is 8.89. The molecule has 0 saturated heterocycles. The Balaban J connectivity index is 1.46. The molecule has 2 aromatic carbocycles. The highest BCUT2D eigenvalue weighted by molar-refractivity contribution is 7.99. The number of hydrogen-bond donors (Lipinski definition) is 2. The van der Waals surface area contributed by atoms with Gasteiger partial charge in [-0.25, -0.2) is 9.78 Å². The monoisotopic (exact) mass is 468 g/mol. The van der Waals surface area contributed by atoms with Crippen LogP contribution in [0.15, 0.2) is 53.7 Å². The Kier molecular flexibility index (Phi) is 8.48. The predicted molar refractivity (Wildman–Crippen MR) is 128 cm³/mol. The molecule has 0 spiro atoms. The quantitative estimate of drug-likeness (QED) is 0.325. The van der Waals surface area contributed by atoms with Crippen LogP contribution in [0.3, 0.4) is 0 Å². The maximum atomic E-state index is 12.3. The fraction of sp³-hybridized carbons (Fsp3) is 0.333. The van der Waals surface area contributed by atoms with Crippen LogP contribution in [-0.2, 0) is 16.1 Å².